The van der Waals surface area contributed by atoms with Crippen LogP contribution in [-0.2, 0) is 4.79 Å². The fraction of sp³-hybridized carbons (Fsp3) is 0.867. The van der Waals surface area contributed by atoms with Crippen LogP contribution in [0, 0.1) is 11.3 Å². The molecule has 0 aliphatic heterocycles. The third-order valence-corrected chi connectivity index (χ3v) is 4.45. The van der Waals surface area contributed by atoms with Crippen molar-refractivity contribution in [2.75, 3.05) is 13.6 Å². The number of amidine groups is 1. The summed E-state index contributed by atoms with van der Waals surface area (Å²) in [6.07, 6.45) is 4.00. The van der Waals surface area contributed by atoms with Crippen LogP contribution in [0.15, 0.2) is 5.16 Å². The van der Waals surface area contributed by atoms with Gasteiger partial charge in [-0.3, -0.25) is 4.79 Å². The zero-order valence-electron chi connectivity index (χ0n) is 13.4. The summed E-state index contributed by atoms with van der Waals surface area (Å²) in [6.45, 7) is 4.60. The van der Waals surface area contributed by atoms with Gasteiger partial charge < -0.3 is 20.9 Å². The number of amides is 1. The predicted octanol–water partition coefficient (Wildman–Crippen LogP) is 1.55. The van der Waals surface area contributed by atoms with E-state index < -0.39 is 5.41 Å². The molecular formula is C15H29N3O3. The van der Waals surface area contributed by atoms with Gasteiger partial charge in [-0.25, -0.2) is 0 Å². The van der Waals surface area contributed by atoms with E-state index in [2.05, 4.69) is 5.16 Å². The van der Waals surface area contributed by atoms with Gasteiger partial charge in [-0.2, -0.15) is 0 Å². The Bertz CT molecular complexity index is 372. The average molecular weight is 299 g/mol. The summed E-state index contributed by atoms with van der Waals surface area (Å²) in [6, 6.07) is 0. The topological polar surface area (TPSA) is 99.2 Å². The molecule has 1 fully saturated rings. The minimum atomic E-state index is -0.907. The van der Waals surface area contributed by atoms with Crippen LogP contribution >= 0.6 is 0 Å². The lowest BCUT2D eigenvalue weighted by molar-refractivity contribution is -0.139. The van der Waals surface area contributed by atoms with E-state index in [1.165, 1.54) is 0 Å². The minimum Gasteiger partial charge on any atom is -0.409 e. The molecule has 122 valence electrons. The van der Waals surface area contributed by atoms with Crippen molar-refractivity contribution in [1.82, 2.24) is 4.90 Å². The number of nitrogens with zero attached hydrogens (tertiary/aromatic N) is 2. The first-order chi connectivity index (χ1) is 9.91. The Kier molecular flexibility index (Phi) is 6.45. The van der Waals surface area contributed by atoms with E-state index >= 15 is 0 Å². The van der Waals surface area contributed by atoms with Crippen LogP contribution in [-0.4, -0.2) is 46.7 Å². The molecule has 0 radical (unpaired) electrons. The van der Waals surface area contributed by atoms with E-state index in [0.29, 0.717) is 25.3 Å². The van der Waals surface area contributed by atoms with Gasteiger partial charge in [0.25, 0.3) is 0 Å². The summed E-state index contributed by atoms with van der Waals surface area (Å²) < 4.78 is 0. The van der Waals surface area contributed by atoms with Gasteiger partial charge in [0, 0.05) is 13.6 Å². The van der Waals surface area contributed by atoms with E-state index in [0.717, 1.165) is 25.7 Å². The number of hydrogen-bond donors (Lipinski definition) is 3. The van der Waals surface area contributed by atoms with Crippen LogP contribution < -0.4 is 5.73 Å². The molecule has 6 nitrogen and oxygen atoms in total. The zero-order valence-corrected chi connectivity index (χ0v) is 13.4. The molecule has 0 unspecified atom stereocenters. The average Bonchev–Trinajstić information content (AvgIpc) is 2.43. The van der Waals surface area contributed by atoms with Gasteiger partial charge in [-0.05, 0) is 31.6 Å². The second-order valence-corrected chi connectivity index (χ2v) is 6.24. The SMILES string of the molecule is CCCC(CCC)(C(=O)N(C)CC1CC(O)C1)C(N)=NO. The van der Waals surface area contributed by atoms with Gasteiger partial charge in [0.2, 0.25) is 5.91 Å². The van der Waals surface area contributed by atoms with Gasteiger partial charge in [-0.15, -0.1) is 0 Å². The molecule has 1 aliphatic carbocycles. The standard InChI is InChI=1S/C15H29N3O3/c1-4-6-15(7-5-2,13(16)17-21)14(20)18(3)10-11-8-12(19)9-11/h11-12,19,21H,4-10H2,1-3H3,(H2,16,17). The van der Waals surface area contributed by atoms with E-state index in [-0.39, 0.29) is 17.8 Å². The molecule has 0 spiro atoms. The quantitative estimate of drug-likeness (QED) is 0.274. The third kappa shape index (κ3) is 3.87. The Morgan fingerprint density at radius 1 is 1.33 bits per heavy atom. The molecular weight excluding hydrogens is 270 g/mol. The summed E-state index contributed by atoms with van der Waals surface area (Å²) in [4.78, 5) is 14.6. The molecule has 1 amide bonds. The second kappa shape index (κ2) is 7.64. The first kappa shape index (κ1) is 17.8. The first-order valence-corrected chi connectivity index (χ1v) is 7.82. The minimum absolute atomic E-state index is 0.0108. The Balaban J connectivity index is 2.86. The van der Waals surface area contributed by atoms with Crippen molar-refractivity contribution in [3.63, 3.8) is 0 Å². The van der Waals surface area contributed by atoms with Crippen LogP contribution in [0.4, 0.5) is 0 Å². The van der Waals surface area contributed by atoms with E-state index in [9.17, 15) is 9.90 Å². The summed E-state index contributed by atoms with van der Waals surface area (Å²) in [5, 5.41) is 21.6. The zero-order chi connectivity index (χ0) is 16.0. The van der Waals surface area contributed by atoms with Crippen LogP contribution in [0.2, 0.25) is 0 Å². The number of nitrogens with two attached hydrogens (primary N) is 1. The molecule has 0 heterocycles. The van der Waals surface area contributed by atoms with Crippen molar-refractivity contribution in [3.05, 3.63) is 0 Å². The van der Waals surface area contributed by atoms with Crippen molar-refractivity contribution < 1.29 is 15.1 Å². The molecule has 0 bridgehead atoms. The number of hydrogen-bond acceptors (Lipinski definition) is 4. The van der Waals surface area contributed by atoms with Crippen LogP contribution in [0.1, 0.15) is 52.4 Å². The first-order valence-electron chi connectivity index (χ1n) is 7.82. The van der Waals surface area contributed by atoms with Gasteiger partial charge in [0.1, 0.15) is 5.41 Å². The number of oxime groups is 1. The van der Waals surface area contributed by atoms with Gasteiger partial charge >= 0.3 is 0 Å². The lowest BCUT2D eigenvalue weighted by Crippen LogP contribution is -2.52. The Morgan fingerprint density at radius 3 is 2.24 bits per heavy atom. The molecule has 1 saturated carbocycles. The summed E-state index contributed by atoms with van der Waals surface area (Å²) in [5.41, 5.74) is 4.97. The maximum atomic E-state index is 12.9. The number of rotatable bonds is 8. The molecule has 4 N–H and O–H groups in total. The van der Waals surface area contributed by atoms with Gasteiger partial charge in [0.15, 0.2) is 5.84 Å². The van der Waals surface area contributed by atoms with Crippen molar-refractivity contribution in [2.45, 2.75) is 58.5 Å². The van der Waals surface area contributed by atoms with Crippen molar-refractivity contribution in [1.29, 1.82) is 0 Å². The highest BCUT2D eigenvalue weighted by Crippen LogP contribution is 2.34. The van der Waals surface area contributed by atoms with Gasteiger partial charge in [0.05, 0.1) is 6.10 Å². The van der Waals surface area contributed by atoms with Gasteiger partial charge in [-0.1, -0.05) is 31.8 Å². The maximum Gasteiger partial charge on any atom is 0.236 e. The van der Waals surface area contributed by atoms with Crippen LogP contribution in [0.5, 0.6) is 0 Å². The molecule has 1 rings (SSSR count). The smallest absolute Gasteiger partial charge is 0.236 e. The fourth-order valence-corrected chi connectivity index (χ4v) is 3.34. The lowest BCUT2D eigenvalue weighted by Gasteiger charge is -2.39. The van der Waals surface area contributed by atoms with E-state index in [1.807, 2.05) is 13.8 Å². The largest absolute Gasteiger partial charge is 0.409 e. The maximum absolute atomic E-state index is 12.9. The number of aliphatic hydroxyl groups is 1. The van der Waals surface area contributed by atoms with Crippen molar-refractivity contribution in [3.8, 4) is 0 Å². The molecule has 1 aliphatic rings. The summed E-state index contributed by atoms with van der Waals surface area (Å²) >= 11 is 0. The van der Waals surface area contributed by atoms with Crippen molar-refractivity contribution >= 4 is 11.7 Å². The second-order valence-electron chi connectivity index (χ2n) is 6.24. The predicted molar refractivity (Wildman–Crippen MR) is 82.0 cm³/mol. The van der Waals surface area contributed by atoms with E-state index in [4.69, 9.17) is 10.9 Å². The molecule has 6 heteroatoms. The molecule has 0 atom stereocenters. The molecule has 21 heavy (non-hydrogen) atoms. The Hall–Kier alpha value is -1.30. The number of aliphatic hydroxyl groups excluding tert-OH is 1. The number of carbonyl (C=O) groups excluding carboxylic acids is 1. The third-order valence-electron chi connectivity index (χ3n) is 4.45. The summed E-state index contributed by atoms with van der Waals surface area (Å²) in [5.74, 6) is 0.279. The number of carbonyl (C=O) groups is 1. The lowest BCUT2D eigenvalue weighted by atomic mass is 9.76. The monoisotopic (exact) mass is 299 g/mol. The normalized spacial score (nSPS) is 22.8. The molecule has 0 aromatic heterocycles. The highest BCUT2D eigenvalue weighted by Gasteiger charge is 2.44. The van der Waals surface area contributed by atoms with Crippen molar-refractivity contribution in [2.24, 2.45) is 22.2 Å². The highest BCUT2D eigenvalue weighted by atomic mass is 16.4. The fourth-order valence-electron chi connectivity index (χ4n) is 3.34. The van der Waals surface area contributed by atoms with E-state index in [1.54, 1.807) is 11.9 Å². The van der Waals surface area contributed by atoms with Crippen LogP contribution in [0.25, 0.3) is 0 Å². The highest BCUT2D eigenvalue weighted by molar-refractivity contribution is 6.06. The molecule has 0 aromatic carbocycles. The van der Waals surface area contributed by atoms with Crippen LogP contribution in [0.3, 0.4) is 0 Å². The Morgan fingerprint density at radius 2 is 1.86 bits per heavy atom. The molecule has 0 aromatic rings. The molecule has 0 saturated heterocycles. The summed E-state index contributed by atoms with van der Waals surface area (Å²) in [7, 11) is 1.76. The Labute approximate surface area is 127 Å².